The molecule has 1 fully saturated rings. The van der Waals surface area contributed by atoms with Crippen LogP contribution in [0.15, 0.2) is 0 Å². The summed E-state index contributed by atoms with van der Waals surface area (Å²) >= 11 is 0. The van der Waals surface area contributed by atoms with Gasteiger partial charge in [0.2, 0.25) is 0 Å². The van der Waals surface area contributed by atoms with Gasteiger partial charge >= 0.3 is 0 Å². The largest absolute Gasteiger partial charge is 0.375 e. The molecule has 0 aromatic rings. The molecule has 1 aliphatic rings. The van der Waals surface area contributed by atoms with E-state index in [0.717, 1.165) is 19.4 Å². The molecule has 1 saturated heterocycles. The van der Waals surface area contributed by atoms with Crippen molar-refractivity contribution in [2.45, 2.75) is 51.4 Å². The Labute approximate surface area is 80.6 Å². The fraction of sp³-hybridized carbons (Fsp3) is 1.00. The Kier molecular flexibility index (Phi) is 3.71. The third-order valence-electron chi connectivity index (χ3n) is 2.41. The van der Waals surface area contributed by atoms with E-state index in [0.29, 0.717) is 12.6 Å². The van der Waals surface area contributed by atoms with Crippen LogP contribution in [0.3, 0.4) is 0 Å². The second-order valence-electron chi connectivity index (χ2n) is 4.41. The Bertz CT molecular complexity index is 159. The topological polar surface area (TPSA) is 44.5 Å². The maximum atomic E-state index is 5.77. The second kappa shape index (κ2) is 4.40. The van der Waals surface area contributed by atoms with Gasteiger partial charge < -0.3 is 15.2 Å². The average molecular weight is 187 g/mol. The monoisotopic (exact) mass is 187 g/mol. The van der Waals surface area contributed by atoms with Crippen molar-refractivity contribution in [1.29, 1.82) is 0 Å². The molecular weight excluding hydrogens is 166 g/mol. The van der Waals surface area contributed by atoms with Crippen molar-refractivity contribution >= 4 is 0 Å². The predicted octanol–water partition coefficient (Wildman–Crippen LogP) is 1.31. The van der Waals surface area contributed by atoms with Crippen molar-refractivity contribution in [2.75, 3.05) is 13.2 Å². The zero-order valence-corrected chi connectivity index (χ0v) is 8.88. The lowest BCUT2D eigenvalue weighted by Gasteiger charge is -2.36. The SMILES string of the molecule is CC(CN)OC1CCOC(C)(C)C1. The van der Waals surface area contributed by atoms with Crippen molar-refractivity contribution in [2.24, 2.45) is 5.73 Å². The van der Waals surface area contributed by atoms with Crippen LogP contribution in [-0.4, -0.2) is 31.0 Å². The summed E-state index contributed by atoms with van der Waals surface area (Å²) in [5.74, 6) is 0. The van der Waals surface area contributed by atoms with E-state index in [2.05, 4.69) is 13.8 Å². The number of nitrogens with two attached hydrogens (primary N) is 1. The maximum absolute atomic E-state index is 5.77. The first-order chi connectivity index (χ1) is 6.03. The molecule has 3 heteroatoms. The van der Waals surface area contributed by atoms with Crippen molar-refractivity contribution < 1.29 is 9.47 Å². The van der Waals surface area contributed by atoms with Crippen molar-refractivity contribution in [3.63, 3.8) is 0 Å². The summed E-state index contributed by atoms with van der Waals surface area (Å²) < 4.78 is 11.4. The smallest absolute Gasteiger partial charge is 0.0672 e. The standard InChI is InChI=1S/C10H21NO2/c1-8(7-11)13-9-4-5-12-10(2,3)6-9/h8-9H,4-7,11H2,1-3H3. The normalized spacial score (nSPS) is 30.0. The Morgan fingerprint density at radius 2 is 2.31 bits per heavy atom. The molecule has 1 heterocycles. The Morgan fingerprint density at radius 1 is 1.62 bits per heavy atom. The minimum atomic E-state index is -0.0305. The summed E-state index contributed by atoms with van der Waals surface area (Å²) in [5, 5.41) is 0. The highest BCUT2D eigenvalue weighted by atomic mass is 16.5. The molecule has 2 unspecified atom stereocenters. The Hall–Kier alpha value is -0.120. The molecule has 0 aliphatic carbocycles. The van der Waals surface area contributed by atoms with Crippen LogP contribution in [-0.2, 0) is 9.47 Å². The summed E-state index contributed by atoms with van der Waals surface area (Å²) in [6.45, 7) is 7.63. The van der Waals surface area contributed by atoms with Crippen LogP contribution in [0.2, 0.25) is 0 Å². The lowest BCUT2D eigenvalue weighted by atomic mass is 9.96. The lowest BCUT2D eigenvalue weighted by Crippen LogP contribution is -2.40. The molecule has 1 aliphatic heterocycles. The van der Waals surface area contributed by atoms with Crippen molar-refractivity contribution in [1.82, 2.24) is 0 Å². The minimum Gasteiger partial charge on any atom is -0.375 e. The average Bonchev–Trinajstić information content (AvgIpc) is 2.02. The second-order valence-corrected chi connectivity index (χ2v) is 4.41. The summed E-state index contributed by atoms with van der Waals surface area (Å²) in [5.41, 5.74) is 5.47. The number of hydrogen-bond donors (Lipinski definition) is 1. The zero-order valence-electron chi connectivity index (χ0n) is 8.88. The molecular formula is C10H21NO2. The van der Waals surface area contributed by atoms with Gasteiger partial charge in [0.1, 0.15) is 0 Å². The highest BCUT2D eigenvalue weighted by molar-refractivity contribution is 4.79. The zero-order chi connectivity index (χ0) is 9.90. The van der Waals surface area contributed by atoms with E-state index in [9.17, 15) is 0 Å². The number of rotatable bonds is 3. The van der Waals surface area contributed by atoms with Gasteiger partial charge in [0.05, 0.1) is 17.8 Å². The molecule has 0 bridgehead atoms. The summed E-state index contributed by atoms with van der Waals surface area (Å²) in [4.78, 5) is 0. The summed E-state index contributed by atoms with van der Waals surface area (Å²) in [6.07, 6.45) is 2.45. The molecule has 2 N–H and O–H groups in total. The quantitative estimate of drug-likeness (QED) is 0.724. The van der Waals surface area contributed by atoms with Crippen LogP contribution in [0.25, 0.3) is 0 Å². The van der Waals surface area contributed by atoms with Gasteiger partial charge in [-0.25, -0.2) is 0 Å². The van der Waals surface area contributed by atoms with Gasteiger partial charge in [-0.1, -0.05) is 0 Å². The van der Waals surface area contributed by atoms with E-state index >= 15 is 0 Å². The lowest BCUT2D eigenvalue weighted by molar-refractivity contribution is -0.128. The number of hydrogen-bond acceptors (Lipinski definition) is 3. The van der Waals surface area contributed by atoms with E-state index in [4.69, 9.17) is 15.2 Å². The van der Waals surface area contributed by atoms with E-state index in [1.165, 1.54) is 0 Å². The van der Waals surface area contributed by atoms with E-state index in [1.807, 2.05) is 6.92 Å². The van der Waals surface area contributed by atoms with Crippen LogP contribution in [0.1, 0.15) is 33.6 Å². The molecule has 0 radical (unpaired) electrons. The van der Waals surface area contributed by atoms with Crippen molar-refractivity contribution in [3.8, 4) is 0 Å². The van der Waals surface area contributed by atoms with E-state index in [-0.39, 0.29) is 11.7 Å². The fourth-order valence-corrected chi connectivity index (χ4v) is 1.68. The molecule has 13 heavy (non-hydrogen) atoms. The van der Waals surface area contributed by atoms with Gasteiger partial charge in [0, 0.05) is 19.6 Å². The molecule has 0 saturated carbocycles. The highest BCUT2D eigenvalue weighted by Gasteiger charge is 2.29. The van der Waals surface area contributed by atoms with E-state index in [1.54, 1.807) is 0 Å². The first-order valence-corrected chi connectivity index (χ1v) is 5.03. The molecule has 0 spiro atoms. The molecule has 2 atom stereocenters. The molecule has 0 aromatic heterocycles. The van der Waals surface area contributed by atoms with Gasteiger partial charge in [0.25, 0.3) is 0 Å². The van der Waals surface area contributed by atoms with Crippen LogP contribution in [0, 0.1) is 0 Å². The predicted molar refractivity (Wildman–Crippen MR) is 52.7 cm³/mol. The Morgan fingerprint density at radius 3 is 2.85 bits per heavy atom. The summed E-state index contributed by atoms with van der Waals surface area (Å²) in [7, 11) is 0. The van der Waals surface area contributed by atoms with E-state index < -0.39 is 0 Å². The Balaban J connectivity index is 2.34. The van der Waals surface area contributed by atoms with Crippen LogP contribution >= 0.6 is 0 Å². The molecule has 0 aromatic carbocycles. The third kappa shape index (κ3) is 3.63. The molecule has 1 rings (SSSR count). The first-order valence-electron chi connectivity index (χ1n) is 5.03. The maximum Gasteiger partial charge on any atom is 0.0672 e. The van der Waals surface area contributed by atoms with Crippen molar-refractivity contribution in [3.05, 3.63) is 0 Å². The van der Waals surface area contributed by atoms with Gasteiger partial charge in [-0.05, 0) is 27.2 Å². The van der Waals surface area contributed by atoms with Crippen LogP contribution < -0.4 is 5.73 Å². The third-order valence-corrected chi connectivity index (χ3v) is 2.41. The minimum absolute atomic E-state index is 0.0305. The van der Waals surface area contributed by atoms with Gasteiger partial charge in [0.15, 0.2) is 0 Å². The van der Waals surface area contributed by atoms with Crippen LogP contribution in [0.5, 0.6) is 0 Å². The molecule has 3 nitrogen and oxygen atoms in total. The molecule has 0 amide bonds. The van der Waals surface area contributed by atoms with Gasteiger partial charge in [-0.3, -0.25) is 0 Å². The highest BCUT2D eigenvalue weighted by Crippen LogP contribution is 2.26. The summed E-state index contributed by atoms with van der Waals surface area (Å²) in [6, 6.07) is 0. The molecule has 78 valence electrons. The van der Waals surface area contributed by atoms with Gasteiger partial charge in [-0.2, -0.15) is 0 Å². The fourth-order valence-electron chi connectivity index (χ4n) is 1.68. The van der Waals surface area contributed by atoms with Crippen LogP contribution in [0.4, 0.5) is 0 Å². The number of ether oxygens (including phenoxy) is 2. The first kappa shape index (κ1) is 11.0. The van der Waals surface area contributed by atoms with Gasteiger partial charge in [-0.15, -0.1) is 0 Å².